The number of nitrogens with zero attached hydrogens (tertiary/aromatic N) is 3. The van der Waals surface area contributed by atoms with E-state index in [1.54, 1.807) is 23.2 Å². The van der Waals surface area contributed by atoms with E-state index in [9.17, 15) is 9.59 Å². The zero-order valence-electron chi connectivity index (χ0n) is 9.30. The second kappa shape index (κ2) is 4.49. The average molecular weight is 221 g/mol. The summed E-state index contributed by atoms with van der Waals surface area (Å²) >= 11 is 0. The molecule has 2 rings (SSSR count). The molecule has 1 aromatic rings. The molecule has 0 bridgehead atoms. The van der Waals surface area contributed by atoms with Gasteiger partial charge >= 0.3 is 6.03 Å². The molecule has 5 nitrogen and oxygen atoms in total. The van der Waals surface area contributed by atoms with Gasteiger partial charge in [0.25, 0.3) is 0 Å². The Labute approximate surface area is 94.2 Å². The maximum atomic E-state index is 12.1. The molecule has 0 spiro atoms. The molecule has 1 aliphatic heterocycles. The molecule has 86 valence electrons. The van der Waals surface area contributed by atoms with Crippen molar-refractivity contribution in [2.45, 2.75) is 0 Å². The molecule has 0 aromatic carbocycles. The van der Waals surface area contributed by atoms with Gasteiger partial charge in [0.1, 0.15) is 0 Å². The molecule has 16 heavy (non-hydrogen) atoms. The van der Waals surface area contributed by atoms with Gasteiger partial charge in [0.05, 0.1) is 5.69 Å². The van der Waals surface area contributed by atoms with Crippen LogP contribution in [0.25, 0.3) is 0 Å². The Morgan fingerprint density at radius 1 is 1.31 bits per heavy atom. The Morgan fingerprint density at radius 2 is 2.00 bits per heavy atom. The number of hydrogen-bond donors (Lipinski definition) is 0. The first-order valence-corrected chi connectivity index (χ1v) is 5.32. The van der Waals surface area contributed by atoms with Crippen molar-refractivity contribution in [1.82, 2.24) is 14.4 Å². The van der Waals surface area contributed by atoms with Crippen molar-refractivity contribution in [2.24, 2.45) is 0 Å². The summed E-state index contributed by atoms with van der Waals surface area (Å²) < 4.78 is 1.40. The molecular weight excluding hydrogens is 206 g/mol. The quantitative estimate of drug-likeness (QED) is 0.649. The van der Waals surface area contributed by atoms with E-state index in [1.165, 1.54) is 4.57 Å². The largest absolute Gasteiger partial charge is 0.328 e. The maximum Gasteiger partial charge on any atom is 0.328 e. The number of aldehydes is 1. The second-order valence-electron chi connectivity index (χ2n) is 3.99. The van der Waals surface area contributed by atoms with Crippen LogP contribution in [0.5, 0.6) is 0 Å². The summed E-state index contributed by atoms with van der Waals surface area (Å²) in [6.45, 7) is 3.19. The van der Waals surface area contributed by atoms with Crippen LogP contribution >= 0.6 is 0 Å². The molecule has 5 heteroatoms. The van der Waals surface area contributed by atoms with Crippen molar-refractivity contribution < 1.29 is 9.59 Å². The molecule has 0 aliphatic carbocycles. The number of piperazine rings is 1. The molecule has 0 unspecified atom stereocenters. The van der Waals surface area contributed by atoms with Gasteiger partial charge in [-0.15, -0.1) is 0 Å². The fourth-order valence-corrected chi connectivity index (χ4v) is 1.81. The van der Waals surface area contributed by atoms with Gasteiger partial charge in [-0.3, -0.25) is 9.36 Å². The average Bonchev–Trinajstić information content (AvgIpc) is 2.77. The third-order valence-electron chi connectivity index (χ3n) is 2.88. The van der Waals surface area contributed by atoms with Crippen molar-refractivity contribution in [3.63, 3.8) is 0 Å². The van der Waals surface area contributed by atoms with Crippen LogP contribution in [-0.2, 0) is 0 Å². The monoisotopic (exact) mass is 221 g/mol. The molecule has 0 N–H and O–H groups in total. The number of likely N-dealkylation sites (N-methyl/N-ethyl adjacent to an activating group) is 1. The van der Waals surface area contributed by atoms with E-state index in [4.69, 9.17) is 0 Å². The van der Waals surface area contributed by atoms with Gasteiger partial charge in [0.2, 0.25) is 0 Å². The molecule has 2 heterocycles. The van der Waals surface area contributed by atoms with Gasteiger partial charge in [0.15, 0.2) is 6.29 Å². The molecule has 0 radical (unpaired) electrons. The first-order valence-electron chi connectivity index (χ1n) is 5.32. The third kappa shape index (κ3) is 1.99. The number of carbonyl (C=O) groups is 2. The van der Waals surface area contributed by atoms with Gasteiger partial charge < -0.3 is 9.80 Å². The fraction of sp³-hybridized carbons (Fsp3) is 0.455. The Bertz CT molecular complexity index is 392. The van der Waals surface area contributed by atoms with E-state index < -0.39 is 0 Å². The zero-order valence-corrected chi connectivity index (χ0v) is 9.30. The highest BCUT2D eigenvalue weighted by Gasteiger charge is 2.21. The summed E-state index contributed by atoms with van der Waals surface area (Å²) in [5, 5.41) is 0. The van der Waals surface area contributed by atoms with Crippen LogP contribution < -0.4 is 0 Å². The van der Waals surface area contributed by atoms with Crippen molar-refractivity contribution >= 4 is 12.3 Å². The Balaban J connectivity index is 2.10. The van der Waals surface area contributed by atoms with E-state index in [-0.39, 0.29) is 6.03 Å². The predicted octanol–water partition coefficient (Wildman–Crippen LogP) is 0.516. The van der Waals surface area contributed by atoms with Gasteiger partial charge in [-0.2, -0.15) is 0 Å². The summed E-state index contributed by atoms with van der Waals surface area (Å²) in [5.41, 5.74) is 0.406. The molecular formula is C11H15N3O2. The minimum atomic E-state index is -0.111. The minimum Gasteiger partial charge on any atom is -0.321 e. The predicted molar refractivity (Wildman–Crippen MR) is 59.7 cm³/mol. The maximum absolute atomic E-state index is 12.1. The van der Waals surface area contributed by atoms with Crippen LogP contribution in [0.4, 0.5) is 4.79 Å². The van der Waals surface area contributed by atoms with Crippen LogP contribution in [0.2, 0.25) is 0 Å². The van der Waals surface area contributed by atoms with E-state index in [2.05, 4.69) is 4.90 Å². The van der Waals surface area contributed by atoms with Crippen LogP contribution in [0.15, 0.2) is 18.3 Å². The summed E-state index contributed by atoms with van der Waals surface area (Å²) in [6, 6.07) is 3.23. The van der Waals surface area contributed by atoms with Crippen LogP contribution in [-0.4, -0.2) is 59.9 Å². The van der Waals surface area contributed by atoms with Gasteiger partial charge in [-0.1, -0.05) is 0 Å². The number of hydrogen-bond acceptors (Lipinski definition) is 3. The SMILES string of the molecule is CN1CCN(C(=O)n2cccc2C=O)CC1. The summed E-state index contributed by atoms with van der Waals surface area (Å²) in [6.07, 6.45) is 2.33. The first-order chi connectivity index (χ1) is 7.72. The van der Waals surface area contributed by atoms with Crippen LogP contribution in [0, 0.1) is 0 Å². The van der Waals surface area contributed by atoms with Crippen LogP contribution in [0.3, 0.4) is 0 Å². The molecule has 0 atom stereocenters. The van der Waals surface area contributed by atoms with E-state index in [0.717, 1.165) is 13.1 Å². The molecule has 1 saturated heterocycles. The lowest BCUT2D eigenvalue weighted by atomic mass is 10.3. The Hall–Kier alpha value is -1.62. The number of rotatable bonds is 1. The van der Waals surface area contributed by atoms with E-state index in [1.807, 2.05) is 7.05 Å². The Morgan fingerprint density at radius 3 is 2.62 bits per heavy atom. The van der Waals surface area contributed by atoms with Crippen molar-refractivity contribution in [2.75, 3.05) is 33.2 Å². The van der Waals surface area contributed by atoms with Crippen molar-refractivity contribution in [1.29, 1.82) is 0 Å². The van der Waals surface area contributed by atoms with Gasteiger partial charge in [0, 0.05) is 32.4 Å². The lowest BCUT2D eigenvalue weighted by Gasteiger charge is -2.32. The highest BCUT2D eigenvalue weighted by atomic mass is 16.2. The third-order valence-corrected chi connectivity index (χ3v) is 2.88. The smallest absolute Gasteiger partial charge is 0.321 e. The lowest BCUT2D eigenvalue weighted by molar-refractivity contribution is 0.111. The zero-order chi connectivity index (χ0) is 11.5. The number of aromatic nitrogens is 1. The standard InChI is InChI=1S/C11H15N3O2/c1-12-5-7-13(8-6-12)11(16)14-4-2-3-10(14)9-15/h2-4,9H,5-8H2,1H3. The van der Waals surface area contributed by atoms with Crippen molar-refractivity contribution in [3.05, 3.63) is 24.0 Å². The number of amides is 1. The second-order valence-corrected chi connectivity index (χ2v) is 3.99. The van der Waals surface area contributed by atoms with E-state index >= 15 is 0 Å². The first kappa shape index (κ1) is 10.9. The van der Waals surface area contributed by atoms with Gasteiger partial charge in [-0.25, -0.2) is 4.79 Å². The van der Waals surface area contributed by atoms with Gasteiger partial charge in [-0.05, 0) is 19.2 Å². The molecule has 0 saturated carbocycles. The highest BCUT2D eigenvalue weighted by molar-refractivity contribution is 5.85. The lowest BCUT2D eigenvalue weighted by Crippen LogP contribution is -2.48. The van der Waals surface area contributed by atoms with Crippen molar-refractivity contribution in [3.8, 4) is 0 Å². The minimum absolute atomic E-state index is 0.111. The van der Waals surface area contributed by atoms with Crippen LogP contribution in [0.1, 0.15) is 10.5 Å². The Kier molecular flexibility index (Phi) is 3.05. The molecule has 1 aliphatic rings. The summed E-state index contributed by atoms with van der Waals surface area (Å²) in [5.74, 6) is 0. The molecule has 1 amide bonds. The fourth-order valence-electron chi connectivity index (χ4n) is 1.81. The summed E-state index contributed by atoms with van der Waals surface area (Å²) in [4.78, 5) is 26.7. The normalized spacial score (nSPS) is 17.4. The highest BCUT2D eigenvalue weighted by Crippen LogP contribution is 2.06. The molecule has 1 fully saturated rings. The summed E-state index contributed by atoms with van der Waals surface area (Å²) in [7, 11) is 2.04. The topological polar surface area (TPSA) is 45.5 Å². The number of carbonyl (C=O) groups excluding carboxylic acids is 2. The molecule has 1 aromatic heterocycles. The van der Waals surface area contributed by atoms with E-state index in [0.29, 0.717) is 25.1 Å².